The van der Waals surface area contributed by atoms with Crippen LogP contribution in [0.5, 0.6) is 5.75 Å². The number of aromatic nitrogens is 1. The minimum atomic E-state index is -0.562. The first-order valence-electron chi connectivity index (χ1n) is 11.6. The zero-order valence-electron chi connectivity index (χ0n) is 20.0. The number of H-pyrrole nitrogens is 1. The maximum absolute atomic E-state index is 15.2. The van der Waals surface area contributed by atoms with Gasteiger partial charge in [0.05, 0.1) is 23.9 Å². The van der Waals surface area contributed by atoms with Crippen LogP contribution in [0.15, 0.2) is 29.5 Å². The van der Waals surface area contributed by atoms with E-state index >= 15 is 4.39 Å². The summed E-state index contributed by atoms with van der Waals surface area (Å²) in [5.74, 6) is 1.54. The van der Waals surface area contributed by atoms with Crippen LogP contribution >= 0.6 is 0 Å². The van der Waals surface area contributed by atoms with Crippen molar-refractivity contribution in [3.8, 4) is 11.8 Å². The molecular formula is C24H29FN8O2. The van der Waals surface area contributed by atoms with Crippen LogP contribution in [0.4, 0.5) is 15.9 Å². The molecule has 0 saturated carbocycles. The first-order valence-corrected chi connectivity index (χ1v) is 11.6. The molecule has 5 rings (SSSR count). The van der Waals surface area contributed by atoms with E-state index in [2.05, 4.69) is 27.1 Å². The second-order valence-corrected chi connectivity index (χ2v) is 8.81. The van der Waals surface area contributed by atoms with Gasteiger partial charge in [0.25, 0.3) is 0 Å². The molecule has 1 atom stereocenters. The Morgan fingerprint density at radius 1 is 1.26 bits per heavy atom. The number of nitrogens with zero attached hydrogens (tertiary/aromatic N) is 4. The molecule has 10 nitrogen and oxygen atoms in total. The number of aliphatic imine (C=N–C) groups is 1. The van der Waals surface area contributed by atoms with Gasteiger partial charge in [-0.3, -0.25) is 0 Å². The Hall–Kier alpha value is -3.75. The topological polar surface area (TPSA) is 113 Å². The third-order valence-corrected chi connectivity index (χ3v) is 6.54. The van der Waals surface area contributed by atoms with Gasteiger partial charge in [0, 0.05) is 63.9 Å². The highest BCUT2D eigenvalue weighted by molar-refractivity contribution is 6.07. The number of nitrogens with one attached hydrogen (secondary N) is 4. The van der Waals surface area contributed by atoms with Gasteiger partial charge in [0.2, 0.25) is 0 Å². The zero-order chi connectivity index (χ0) is 24.5. The lowest BCUT2D eigenvalue weighted by Crippen LogP contribution is -2.47. The molecule has 3 aliphatic heterocycles. The number of anilines is 2. The molecule has 0 bridgehead atoms. The molecule has 1 aromatic heterocycles. The highest BCUT2D eigenvalue weighted by atomic mass is 19.1. The summed E-state index contributed by atoms with van der Waals surface area (Å²) in [6.07, 6.45) is 4.69. The molecule has 2 aromatic rings. The summed E-state index contributed by atoms with van der Waals surface area (Å²) in [5, 5.41) is 18.3. The van der Waals surface area contributed by atoms with Crippen molar-refractivity contribution in [2.45, 2.75) is 25.2 Å². The number of nitriles is 1. The molecule has 3 aliphatic rings. The van der Waals surface area contributed by atoms with E-state index in [-0.39, 0.29) is 11.9 Å². The molecular weight excluding hydrogens is 451 g/mol. The number of methoxy groups -OCH3 is 1. The number of hydrogen-bond acceptors (Lipinski definition) is 9. The number of halogens is 1. The van der Waals surface area contributed by atoms with E-state index < -0.39 is 6.29 Å². The van der Waals surface area contributed by atoms with E-state index in [0.29, 0.717) is 48.2 Å². The minimum absolute atomic E-state index is 0.193. The molecule has 184 valence electrons. The quantitative estimate of drug-likeness (QED) is 0.515. The van der Waals surface area contributed by atoms with Gasteiger partial charge in [-0.05, 0) is 24.5 Å². The predicted octanol–water partition coefficient (Wildman–Crippen LogP) is 2.19. The van der Waals surface area contributed by atoms with Crippen molar-refractivity contribution in [2.75, 3.05) is 51.2 Å². The monoisotopic (exact) mass is 480 g/mol. The third-order valence-electron chi connectivity index (χ3n) is 6.54. The van der Waals surface area contributed by atoms with Gasteiger partial charge in [-0.2, -0.15) is 5.26 Å². The second-order valence-electron chi connectivity index (χ2n) is 8.81. The number of benzene rings is 1. The molecule has 0 aliphatic carbocycles. The average molecular weight is 481 g/mol. The van der Waals surface area contributed by atoms with Crippen molar-refractivity contribution in [1.82, 2.24) is 20.7 Å². The largest absolute Gasteiger partial charge is 0.495 e. The fraction of sp³-hybridized carbons (Fsp3) is 0.417. The van der Waals surface area contributed by atoms with Crippen molar-refractivity contribution < 1.29 is 13.9 Å². The fourth-order valence-corrected chi connectivity index (χ4v) is 4.61. The Kier molecular flexibility index (Phi) is 6.23. The normalized spacial score (nSPS) is 20.1. The van der Waals surface area contributed by atoms with Crippen LogP contribution in [0.25, 0.3) is 5.57 Å². The average Bonchev–Trinajstić information content (AvgIpc) is 3.49. The Labute approximate surface area is 203 Å². The molecule has 4 N–H and O–H groups in total. The standard InChI is InChI=1S/C24H29FN8O2/c1-32-13-15(12-28-32)17-8-20(34-3)19(9-18(17)25)30-24-31-22(29-16-4-6-35-7-5-16)21-14(10-26)11-27-23(21)33(24)2/h8-9,11,13,16,24,27-28,30H,4-7,12H2,1-3H3,(H,29,31). The highest BCUT2D eigenvalue weighted by Gasteiger charge is 2.32. The number of aromatic amines is 1. The summed E-state index contributed by atoms with van der Waals surface area (Å²) < 4.78 is 26.3. The van der Waals surface area contributed by atoms with Crippen molar-refractivity contribution in [2.24, 2.45) is 4.99 Å². The van der Waals surface area contributed by atoms with Crippen LogP contribution in [0, 0.1) is 17.1 Å². The van der Waals surface area contributed by atoms with Gasteiger partial charge in [-0.25, -0.2) is 14.8 Å². The summed E-state index contributed by atoms with van der Waals surface area (Å²) in [5.41, 5.74) is 6.18. The van der Waals surface area contributed by atoms with Crippen LogP contribution < -0.4 is 25.7 Å². The van der Waals surface area contributed by atoms with Crippen molar-refractivity contribution in [3.63, 3.8) is 0 Å². The predicted molar refractivity (Wildman–Crippen MR) is 132 cm³/mol. The van der Waals surface area contributed by atoms with Gasteiger partial charge in [0.15, 0.2) is 6.29 Å². The summed E-state index contributed by atoms with van der Waals surface area (Å²) in [7, 11) is 5.29. The van der Waals surface area contributed by atoms with E-state index in [1.54, 1.807) is 24.4 Å². The molecule has 0 radical (unpaired) electrons. The van der Waals surface area contributed by atoms with Crippen LogP contribution in [-0.4, -0.2) is 69.1 Å². The first kappa shape index (κ1) is 23.0. The van der Waals surface area contributed by atoms with Gasteiger partial charge >= 0.3 is 0 Å². The van der Waals surface area contributed by atoms with Gasteiger partial charge in [0.1, 0.15) is 29.3 Å². The lowest BCUT2D eigenvalue weighted by atomic mass is 10.1. The Bertz CT molecular complexity index is 1210. The molecule has 1 aromatic carbocycles. The summed E-state index contributed by atoms with van der Waals surface area (Å²) in [6, 6.07) is 5.57. The second kappa shape index (κ2) is 9.48. The van der Waals surface area contributed by atoms with E-state index in [1.165, 1.54) is 6.07 Å². The van der Waals surface area contributed by atoms with Crippen LogP contribution in [0.3, 0.4) is 0 Å². The van der Waals surface area contributed by atoms with E-state index in [1.807, 2.05) is 25.2 Å². The summed E-state index contributed by atoms with van der Waals surface area (Å²) in [4.78, 5) is 9.97. The summed E-state index contributed by atoms with van der Waals surface area (Å²) >= 11 is 0. The molecule has 35 heavy (non-hydrogen) atoms. The summed E-state index contributed by atoms with van der Waals surface area (Å²) in [6.45, 7) is 1.90. The molecule has 0 spiro atoms. The number of ether oxygens (including phenoxy) is 2. The first-order chi connectivity index (χ1) is 17.0. The fourth-order valence-electron chi connectivity index (χ4n) is 4.61. The molecule has 11 heteroatoms. The Morgan fingerprint density at radius 2 is 2.06 bits per heavy atom. The lowest BCUT2D eigenvalue weighted by molar-refractivity contribution is 0.0824. The number of hydrogen-bond donors (Lipinski definition) is 4. The molecule has 1 saturated heterocycles. The van der Waals surface area contributed by atoms with Gasteiger partial charge in [-0.1, -0.05) is 0 Å². The van der Waals surface area contributed by atoms with Crippen LogP contribution in [-0.2, 0) is 4.74 Å². The zero-order valence-corrected chi connectivity index (χ0v) is 20.0. The van der Waals surface area contributed by atoms with E-state index in [4.69, 9.17) is 14.5 Å². The van der Waals surface area contributed by atoms with E-state index in [9.17, 15) is 5.26 Å². The lowest BCUT2D eigenvalue weighted by Gasteiger charge is -2.35. The van der Waals surface area contributed by atoms with Gasteiger partial charge in [-0.15, -0.1) is 0 Å². The number of rotatable bonds is 5. The molecule has 4 heterocycles. The molecule has 1 fully saturated rings. The van der Waals surface area contributed by atoms with Crippen LogP contribution in [0.1, 0.15) is 29.5 Å². The van der Waals surface area contributed by atoms with E-state index in [0.717, 1.165) is 29.8 Å². The number of fused-ring (bicyclic) bond motifs is 1. The highest BCUT2D eigenvalue weighted by Crippen LogP contribution is 2.35. The van der Waals surface area contributed by atoms with Crippen molar-refractivity contribution in [1.29, 1.82) is 5.26 Å². The molecule has 1 unspecified atom stereocenters. The maximum atomic E-state index is 15.2. The molecule has 0 amide bonds. The minimum Gasteiger partial charge on any atom is -0.495 e. The third kappa shape index (κ3) is 4.38. The smallest absolute Gasteiger partial charge is 0.199 e. The van der Waals surface area contributed by atoms with Gasteiger partial charge < -0.3 is 35.0 Å². The SMILES string of the molecule is COc1cc(C2=CN(C)NC2)c(F)cc1NC1N=C(NC2CCOCC2)c2c(C#N)c[nH]c2N1C. The maximum Gasteiger partial charge on any atom is 0.199 e. The van der Waals surface area contributed by atoms with Crippen LogP contribution in [0.2, 0.25) is 0 Å². The Morgan fingerprint density at radius 3 is 2.74 bits per heavy atom. The number of hydrazine groups is 1. The number of amidine groups is 1. The Balaban J connectivity index is 1.47. The van der Waals surface area contributed by atoms with Crippen molar-refractivity contribution >= 4 is 22.9 Å². The van der Waals surface area contributed by atoms with Crippen molar-refractivity contribution in [3.05, 3.63) is 47.0 Å².